The van der Waals surface area contributed by atoms with E-state index in [0.29, 0.717) is 10.3 Å². The van der Waals surface area contributed by atoms with E-state index in [1.807, 2.05) is 0 Å². The normalized spacial score (nSPS) is 11.1. The second-order valence-corrected chi connectivity index (χ2v) is 2.97. The van der Waals surface area contributed by atoms with E-state index in [-0.39, 0.29) is 5.56 Å². The van der Waals surface area contributed by atoms with Gasteiger partial charge in [-0.05, 0) is 22.9 Å². The summed E-state index contributed by atoms with van der Waals surface area (Å²) in [5, 5.41) is 3.82. The smallest absolute Gasteiger partial charge is 0.261 e. The standard InChI is InChI=1S/C6H7BrF2N2/c1-3-4(6(8)9)5(7)11(2)10-3/h6H,1-2H3. The van der Waals surface area contributed by atoms with E-state index in [1.54, 1.807) is 14.0 Å². The molecule has 0 N–H and O–H groups in total. The van der Waals surface area contributed by atoms with E-state index in [0.717, 1.165) is 0 Å². The zero-order valence-corrected chi connectivity index (χ0v) is 7.69. The van der Waals surface area contributed by atoms with Gasteiger partial charge in [-0.15, -0.1) is 0 Å². The van der Waals surface area contributed by atoms with Crippen molar-refractivity contribution in [2.45, 2.75) is 13.3 Å². The van der Waals surface area contributed by atoms with Crippen molar-refractivity contribution in [3.63, 3.8) is 0 Å². The molecule has 0 bridgehead atoms. The van der Waals surface area contributed by atoms with Crippen LogP contribution in [0, 0.1) is 6.92 Å². The van der Waals surface area contributed by atoms with Gasteiger partial charge in [0.1, 0.15) is 4.60 Å². The van der Waals surface area contributed by atoms with Gasteiger partial charge in [-0.3, -0.25) is 4.68 Å². The monoisotopic (exact) mass is 224 g/mol. The summed E-state index contributed by atoms with van der Waals surface area (Å²) in [5.41, 5.74) is 0.349. The van der Waals surface area contributed by atoms with Crippen LogP contribution < -0.4 is 0 Å². The van der Waals surface area contributed by atoms with E-state index in [1.165, 1.54) is 4.68 Å². The molecule has 0 fully saturated rings. The molecule has 0 aliphatic carbocycles. The lowest BCUT2D eigenvalue weighted by Crippen LogP contribution is -1.90. The summed E-state index contributed by atoms with van der Waals surface area (Å²) in [4.78, 5) is 0. The minimum Gasteiger partial charge on any atom is -0.261 e. The van der Waals surface area contributed by atoms with E-state index >= 15 is 0 Å². The first-order valence-electron chi connectivity index (χ1n) is 3.01. The Morgan fingerprint density at radius 1 is 1.55 bits per heavy atom. The maximum absolute atomic E-state index is 12.2. The molecule has 2 nitrogen and oxygen atoms in total. The van der Waals surface area contributed by atoms with Crippen LogP contribution >= 0.6 is 15.9 Å². The van der Waals surface area contributed by atoms with E-state index in [9.17, 15) is 8.78 Å². The molecule has 0 aromatic carbocycles. The molecule has 62 valence electrons. The van der Waals surface area contributed by atoms with Crippen LogP contribution in [-0.2, 0) is 7.05 Å². The lowest BCUT2D eigenvalue weighted by Gasteiger charge is -1.96. The Morgan fingerprint density at radius 2 is 2.09 bits per heavy atom. The summed E-state index contributed by atoms with van der Waals surface area (Å²) in [6.45, 7) is 1.56. The molecule has 1 rings (SSSR count). The number of aromatic nitrogens is 2. The zero-order valence-electron chi connectivity index (χ0n) is 6.11. The van der Waals surface area contributed by atoms with Crippen LogP contribution in [-0.4, -0.2) is 9.78 Å². The predicted molar refractivity (Wildman–Crippen MR) is 40.6 cm³/mol. The molecule has 0 saturated carbocycles. The first kappa shape index (κ1) is 8.64. The molecule has 11 heavy (non-hydrogen) atoms. The zero-order chi connectivity index (χ0) is 8.59. The van der Waals surface area contributed by atoms with Gasteiger partial charge in [0.25, 0.3) is 6.43 Å². The highest BCUT2D eigenvalue weighted by Gasteiger charge is 2.19. The van der Waals surface area contributed by atoms with Crippen molar-refractivity contribution in [2.24, 2.45) is 7.05 Å². The molecule has 1 heterocycles. The second-order valence-electron chi connectivity index (χ2n) is 2.21. The molecule has 5 heteroatoms. The summed E-state index contributed by atoms with van der Waals surface area (Å²) in [6.07, 6.45) is -2.46. The first-order chi connectivity index (χ1) is 5.04. The minimum atomic E-state index is -2.46. The fourth-order valence-corrected chi connectivity index (χ4v) is 1.43. The van der Waals surface area contributed by atoms with E-state index in [4.69, 9.17) is 0 Å². The van der Waals surface area contributed by atoms with Gasteiger partial charge in [0.15, 0.2) is 0 Å². The van der Waals surface area contributed by atoms with Gasteiger partial charge < -0.3 is 0 Å². The van der Waals surface area contributed by atoms with Crippen LogP contribution in [0.4, 0.5) is 8.78 Å². The minimum absolute atomic E-state index is 0.0208. The molecule has 0 saturated heterocycles. The number of halogens is 3. The molecule has 0 amide bonds. The average molecular weight is 225 g/mol. The summed E-state index contributed by atoms with van der Waals surface area (Å²) in [5.74, 6) is 0. The van der Waals surface area contributed by atoms with Crippen LogP contribution in [0.25, 0.3) is 0 Å². The van der Waals surface area contributed by atoms with Crippen LogP contribution in [0.2, 0.25) is 0 Å². The van der Waals surface area contributed by atoms with Crippen molar-refractivity contribution in [2.75, 3.05) is 0 Å². The van der Waals surface area contributed by atoms with Gasteiger partial charge >= 0.3 is 0 Å². The van der Waals surface area contributed by atoms with Crippen molar-refractivity contribution in [1.29, 1.82) is 0 Å². The summed E-state index contributed by atoms with van der Waals surface area (Å²) in [7, 11) is 1.61. The number of hydrogen-bond donors (Lipinski definition) is 0. The Hall–Kier alpha value is -0.450. The molecular weight excluding hydrogens is 218 g/mol. The first-order valence-corrected chi connectivity index (χ1v) is 3.80. The molecule has 1 aromatic heterocycles. The highest BCUT2D eigenvalue weighted by atomic mass is 79.9. The number of nitrogens with zero attached hydrogens (tertiary/aromatic N) is 2. The van der Waals surface area contributed by atoms with Crippen LogP contribution in [0.3, 0.4) is 0 Å². The highest BCUT2D eigenvalue weighted by Crippen LogP contribution is 2.29. The number of rotatable bonds is 1. The molecule has 1 aromatic rings. The molecule has 0 unspecified atom stereocenters. The molecular formula is C6H7BrF2N2. The Bertz CT molecular complexity index is 270. The molecule has 0 radical (unpaired) electrons. The molecule has 0 spiro atoms. The number of hydrogen-bond acceptors (Lipinski definition) is 1. The Kier molecular flexibility index (Phi) is 2.27. The van der Waals surface area contributed by atoms with Gasteiger partial charge in [-0.1, -0.05) is 0 Å². The van der Waals surface area contributed by atoms with E-state index < -0.39 is 6.43 Å². The maximum Gasteiger partial charge on any atom is 0.268 e. The summed E-state index contributed by atoms with van der Waals surface area (Å²) >= 11 is 3.02. The van der Waals surface area contributed by atoms with Gasteiger partial charge in [0, 0.05) is 7.05 Å². The van der Waals surface area contributed by atoms with Crippen molar-refractivity contribution in [1.82, 2.24) is 9.78 Å². The summed E-state index contributed by atoms with van der Waals surface area (Å²) < 4.78 is 26.2. The quantitative estimate of drug-likeness (QED) is 0.717. The molecule has 0 atom stereocenters. The lowest BCUT2D eigenvalue weighted by molar-refractivity contribution is 0.149. The van der Waals surface area contributed by atoms with Gasteiger partial charge in [0.05, 0.1) is 11.3 Å². The van der Waals surface area contributed by atoms with Crippen molar-refractivity contribution in [3.05, 3.63) is 15.9 Å². The third-order valence-corrected chi connectivity index (χ3v) is 2.35. The van der Waals surface area contributed by atoms with Crippen molar-refractivity contribution >= 4 is 15.9 Å². The predicted octanol–water partition coefficient (Wildman–Crippen LogP) is 2.43. The van der Waals surface area contributed by atoms with Crippen LogP contribution in [0.5, 0.6) is 0 Å². The number of alkyl halides is 2. The van der Waals surface area contributed by atoms with E-state index in [2.05, 4.69) is 21.0 Å². The van der Waals surface area contributed by atoms with Crippen LogP contribution in [0.1, 0.15) is 17.7 Å². The fraction of sp³-hybridized carbons (Fsp3) is 0.500. The lowest BCUT2D eigenvalue weighted by atomic mass is 10.3. The Labute approximate surface area is 71.3 Å². The van der Waals surface area contributed by atoms with Crippen molar-refractivity contribution in [3.8, 4) is 0 Å². The topological polar surface area (TPSA) is 17.8 Å². The second kappa shape index (κ2) is 2.89. The maximum atomic E-state index is 12.2. The van der Waals surface area contributed by atoms with Crippen LogP contribution in [0.15, 0.2) is 4.60 Å². The Balaban J connectivity index is 3.22. The molecule has 0 aliphatic rings. The largest absolute Gasteiger partial charge is 0.268 e. The summed E-state index contributed by atoms with van der Waals surface area (Å²) in [6, 6.07) is 0. The third kappa shape index (κ3) is 1.42. The SMILES string of the molecule is Cc1nn(C)c(Br)c1C(F)F. The Morgan fingerprint density at radius 3 is 2.27 bits per heavy atom. The van der Waals surface area contributed by atoms with Gasteiger partial charge in [-0.2, -0.15) is 5.10 Å². The fourth-order valence-electron chi connectivity index (χ4n) is 0.894. The van der Waals surface area contributed by atoms with Gasteiger partial charge in [0.2, 0.25) is 0 Å². The average Bonchev–Trinajstić information content (AvgIpc) is 2.07. The van der Waals surface area contributed by atoms with Gasteiger partial charge in [-0.25, -0.2) is 8.78 Å². The van der Waals surface area contributed by atoms with Crippen molar-refractivity contribution < 1.29 is 8.78 Å². The molecule has 0 aliphatic heterocycles. The highest BCUT2D eigenvalue weighted by molar-refractivity contribution is 9.10. The number of aryl methyl sites for hydroxylation is 2. The third-order valence-electron chi connectivity index (χ3n) is 1.41.